The number of likely N-dealkylation sites (N-methyl/N-ethyl adjacent to an activating group) is 1. The summed E-state index contributed by atoms with van der Waals surface area (Å²) in [7, 11) is 3.27. The van der Waals surface area contributed by atoms with E-state index in [1.54, 1.807) is 14.1 Å². The van der Waals surface area contributed by atoms with Crippen LogP contribution in [0.25, 0.3) is 0 Å². The molecule has 0 bridgehead atoms. The van der Waals surface area contributed by atoms with Crippen molar-refractivity contribution < 1.29 is 19.5 Å². The normalized spacial score (nSPS) is 11.5. The average molecular weight is 388 g/mol. The zero-order chi connectivity index (χ0) is 20.5. The Bertz CT molecular complexity index is 805. The molecule has 0 aliphatic heterocycles. The van der Waals surface area contributed by atoms with E-state index in [-0.39, 0.29) is 37.3 Å². The van der Waals surface area contributed by atoms with Crippen LogP contribution in [0.4, 0.5) is 10.7 Å². The minimum atomic E-state index is -0.925. The van der Waals surface area contributed by atoms with E-state index in [9.17, 15) is 14.4 Å². The summed E-state index contributed by atoms with van der Waals surface area (Å²) < 4.78 is 1.32. The molecule has 0 radical (unpaired) electrons. The molecule has 3 amide bonds. The fourth-order valence-corrected chi connectivity index (χ4v) is 2.45. The number of urea groups is 1. The highest BCUT2D eigenvalue weighted by Gasteiger charge is 2.16. The van der Waals surface area contributed by atoms with Gasteiger partial charge in [0.25, 0.3) is 0 Å². The first-order chi connectivity index (χ1) is 13.3. The van der Waals surface area contributed by atoms with Crippen LogP contribution in [-0.2, 0) is 22.6 Å². The van der Waals surface area contributed by atoms with E-state index in [1.807, 2.05) is 30.3 Å². The van der Waals surface area contributed by atoms with Crippen LogP contribution in [0.3, 0.4) is 0 Å². The first-order valence-electron chi connectivity index (χ1n) is 8.76. The predicted molar refractivity (Wildman–Crippen MR) is 102 cm³/mol. The van der Waals surface area contributed by atoms with Gasteiger partial charge in [-0.25, -0.2) is 14.5 Å². The smallest absolute Gasteiger partial charge is 0.321 e. The van der Waals surface area contributed by atoms with Crippen molar-refractivity contribution in [1.29, 1.82) is 0 Å². The van der Waals surface area contributed by atoms with Crippen LogP contribution in [-0.4, -0.2) is 62.8 Å². The molecule has 1 aromatic carbocycles. The van der Waals surface area contributed by atoms with Gasteiger partial charge in [0, 0.05) is 26.6 Å². The lowest BCUT2D eigenvalue weighted by molar-refractivity contribution is -0.137. The Morgan fingerprint density at radius 2 is 1.93 bits per heavy atom. The molecule has 28 heavy (non-hydrogen) atoms. The zero-order valence-corrected chi connectivity index (χ0v) is 15.8. The second-order valence-corrected chi connectivity index (χ2v) is 6.47. The second kappa shape index (κ2) is 10.0. The maximum absolute atomic E-state index is 12.3. The van der Waals surface area contributed by atoms with Gasteiger partial charge in [0.05, 0.1) is 0 Å². The molecule has 1 heterocycles. The molecule has 0 saturated carbocycles. The third kappa shape index (κ3) is 7.06. The minimum absolute atomic E-state index is 0.0124. The summed E-state index contributed by atoms with van der Waals surface area (Å²) >= 11 is 0. The lowest BCUT2D eigenvalue weighted by atomic mass is 10.0. The van der Waals surface area contributed by atoms with Crippen LogP contribution in [0.2, 0.25) is 0 Å². The van der Waals surface area contributed by atoms with Crippen molar-refractivity contribution in [2.75, 3.05) is 19.4 Å². The summed E-state index contributed by atoms with van der Waals surface area (Å²) in [6, 6.07) is 8.58. The fourth-order valence-electron chi connectivity index (χ4n) is 2.45. The lowest BCUT2D eigenvalue weighted by Crippen LogP contribution is -2.40. The number of aromatic nitrogens is 3. The maximum Gasteiger partial charge on any atom is 0.321 e. The highest BCUT2D eigenvalue weighted by molar-refractivity contribution is 5.87. The number of nitrogens with one attached hydrogen (secondary N) is 2. The SMILES string of the molecule is CN(C)C(=O)Cn1cnc(NC(=O)NC(CCC(=O)O)Cc2ccccc2)n1. The Balaban J connectivity index is 1.94. The number of aliphatic carboxylic acids is 1. The number of anilines is 1. The van der Waals surface area contributed by atoms with Crippen LogP contribution >= 0.6 is 0 Å². The number of carboxylic acids is 1. The third-order valence-corrected chi connectivity index (χ3v) is 3.92. The van der Waals surface area contributed by atoms with Crippen LogP contribution in [0.5, 0.6) is 0 Å². The lowest BCUT2D eigenvalue weighted by Gasteiger charge is -2.18. The van der Waals surface area contributed by atoms with E-state index < -0.39 is 12.0 Å². The molecular weight excluding hydrogens is 364 g/mol. The van der Waals surface area contributed by atoms with Gasteiger partial charge in [-0.3, -0.25) is 14.9 Å². The molecule has 2 aromatic rings. The number of hydrogen-bond acceptors (Lipinski definition) is 5. The number of amides is 3. The molecule has 0 fully saturated rings. The van der Waals surface area contributed by atoms with Crippen molar-refractivity contribution in [2.45, 2.75) is 31.8 Å². The Kier molecular flexibility index (Phi) is 7.49. The van der Waals surface area contributed by atoms with E-state index in [2.05, 4.69) is 20.7 Å². The second-order valence-electron chi connectivity index (χ2n) is 6.47. The summed E-state index contributed by atoms with van der Waals surface area (Å²) in [5.41, 5.74) is 0.989. The Labute approximate surface area is 162 Å². The Morgan fingerprint density at radius 1 is 1.21 bits per heavy atom. The number of rotatable bonds is 9. The van der Waals surface area contributed by atoms with Gasteiger partial charge in [0.1, 0.15) is 12.9 Å². The molecule has 0 saturated heterocycles. The highest BCUT2D eigenvalue weighted by atomic mass is 16.4. The van der Waals surface area contributed by atoms with Crippen LogP contribution in [0.15, 0.2) is 36.7 Å². The molecule has 10 heteroatoms. The molecular formula is C18H24N6O4. The quantitative estimate of drug-likeness (QED) is 0.587. The van der Waals surface area contributed by atoms with Crippen molar-refractivity contribution >= 4 is 23.9 Å². The van der Waals surface area contributed by atoms with Gasteiger partial charge >= 0.3 is 12.0 Å². The molecule has 1 aromatic heterocycles. The van der Waals surface area contributed by atoms with Crippen molar-refractivity contribution in [3.8, 4) is 0 Å². The van der Waals surface area contributed by atoms with Gasteiger partial charge in [-0.05, 0) is 18.4 Å². The number of carboxylic acid groups (broad SMARTS) is 1. The standard InChI is InChI=1S/C18H24N6O4/c1-23(2)15(25)11-24-12-19-17(22-24)21-18(28)20-14(8-9-16(26)27)10-13-6-4-3-5-7-13/h3-7,12,14H,8-11H2,1-2H3,(H,26,27)(H2,20,21,22,28). The summed E-state index contributed by atoms with van der Waals surface area (Å²) in [5.74, 6) is -1.02. The first-order valence-corrected chi connectivity index (χ1v) is 8.76. The van der Waals surface area contributed by atoms with E-state index in [0.29, 0.717) is 6.42 Å². The number of hydrogen-bond donors (Lipinski definition) is 3. The molecule has 1 atom stereocenters. The summed E-state index contributed by atoms with van der Waals surface area (Å²) in [6.07, 6.45) is 2.08. The number of benzene rings is 1. The molecule has 0 aliphatic rings. The Morgan fingerprint density at radius 3 is 2.57 bits per heavy atom. The Hall–Kier alpha value is -3.43. The van der Waals surface area contributed by atoms with Crippen molar-refractivity contribution in [3.05, 3.63) is 42.2 Å². The van der Waals surface area contributed by atoms with Gasteiger partial charge in [-0.2, -0.15) is 0 Å². The van der Waals surface area contributed by atoms with Crippen LogP contribution in [0.1, 0.15) is 18.4 Å². The highest BCUT2D eigenvalue weighted by Crippen LogP contribution is 2.08. The van der Waals surface area contributed by atoms with E-state index >= 15 is 0 Å². The molecule has 10 nitrogen and oxygen atoms in total. The number of nitrogens with zero attached hydrogens (tertiary/aromatic N) is 4. The number of carbonyl (C=O) groups is 3. The summed E-state index contributed by atoms with van der Waals surface area (Å²) in [4.78, 5) is 40.2. The van der Waals surface area contributed by atoms with Gasteiger partial charge in [0.15, 0.2) is 0 Å². The fraction of sp³-hybridized carbons (Fsp3) is 0.389. The average Bonchev–Trinajstić information content (AvgIpc) is 3.07. The summed E-state index contributed by atoms with van der Waals surface area (Å²) in [5, 5.41) is 18.2. The van der Waals surface area contributed by atoms with Gasteiger partial charge in [-0.15, -0.1) is 5.10 Å². The molecule has 2 rings (SSSR count). The predicted octanol–water partition coefficient (Wildman–Crippen LogP) is 0.964. The van der Waals surface area contributed by atoms with Crippen molar-refractivity contribution in [3.63, 3.8) is 0 Å². The van der Waals surface area contributed by atoms with E-state index in [1.165, 1.54) is 15.9 Å². The van der Waals surface area contributed by atoms with Crippen molar-refractivity contribution in [1.82, 2.24) is 25.0 Å². The van der Waals surface area contributed by atoms with Crippen molar-refractivity contribution in [2.24, 2.45) is 0 Å². The van der Waals surface area contributed by atoms with Crippen LogP contribution in [0, 0.1) is 0 Å². The summed E-state index contributed by atoms with van der Waals surface area (Å²) in [6.45, 7) is 0.0124. The maximum atomic E-state index is 12.3. The van der Waals surface area contributed by atoms with E-state index in [4.69, 9.17) is 5.11 Å². The first kappa shape index (κ1) is 20.9. The van der Waals surface area contributed by atoms with Crippen LogP contribution < -0.4 is 10.6 Å². The monoisotopic (exact) mass is 388 g/mol. The molecule has 0 aliphatic carbocycles. The topological polar surface area (TPSA) is 129 Å². The van der Waals surface area contributed by atoms with E-state index in [0.717, 1.165) is 5.56 Å². The minimum Gasteiger partial charge on any atom is -0.481 e. The number of carbonyl (C=O) groups excluding carboxylic acids is 2. The molecule has 150 valence electrons. The van der Waals surface area contributed by atoms with Gasteiger partial charge in [0.2, 0.25) is 11.9 Å². The molecule has 1 unspecified atom stereocenters. The third-order valence-electron chi connectivity index (χ3n) is 3.92. The molecule has 0 spiro atoms. The van der Waals surface area contributed by atoms with Gasteiger partial charge < -0.3 is 15.3 Å². The van der Waals surface area contributed by atoms with Gasteiger partial charge in [-0.1, -0.05) is 30.3 Å². The zero-order valence-electron chi connectivity index (χ0n) is 15.8. The largest absolute Gasteiger partial charge is 0.481 e. The molecule has 3 N–H and O–H groups in total.